The molecule has 1 aliphatic rings. The van der Waals surface area contributed by atoms with E-state index in [2.05, 4.69) is 22.0 Å². The first-order chi connectivity index (χ1) is 14.6. The lowest BCUT2D eigenvalue weighted by Gasteiger charge is -2.35. The zero-order valence-corrected chi connectivity index (χ0v) is 18.2. The third-order valence-electron chi connectivity index (χ3n) is 5.31. The van der Waals surface area contributed by atoms with E-state index in [-0.39, 0.29) is 5.91 Å². The molecule has 0 spiro atoms. The Balaban J connectivity index is 1.70. The van der Waals surface area contributed by atoms with E-state index in [1.54, 1.807) is 21.3 Å². The fourth-order valence-corrected chi connectivity index (χ4v) is 3.55. The van der Waals surface area contributed by atoms with Crippen LogP contribution < -0.4 is 19.1 Å². The first kappa shape index (κ1) is 21.7. The van der Waals surface area contributed by atoms with Crippen molar-refractivity contribution in [2.75, 3.05) is 52.4 Å². The summed E-state index contributed by atoms with van der Waals surface area (Å²) in [5, 5.41) is 8.81. The number of benzene rings is 1. The van der Waals surface area contributed by atoms with Gasteiger partial charge in [-0.15, -0.1) is 10.2 Å². The van der Waals surface area contributed by atoms with Gasteiger partial charge in [0.2, 0.25) is 11.7 Å². The van der Waals surface area contributed by atoms with Crippen LogP contribution in [0.3, 0.4) is 0 Å². The number of carbonyl (C=O) groups is 1. The molecule has 8 heteroatoms. The molecule has 0 radical (unpaired) electrons. The highest BCUT2D eigenvalue weighted by Crippen LogP contribution is 2.40. The Bertz CT molecular complexity index is 824. The summed E-state index contributed by atoms with van der Waals surface area (Å²) < 4.78 is 16.2. The van der Waals surface area contributed by atoms with Crippen LogP contribution in [0.4, 0.5) is 5.82 Å². The maximum absolute atomic E-state index is 12.2. The number of amides is 1. The monoisotopic (exact) mass is 414 g/mol. The molecule has 1 aliphatic heterocycles. The van der Waals surface area contributed by atoms with E-state index in [4.69, 9.17) is 14.2 Å². The Labute approximate surface area is 177 Å². The van der Waals surface area contributed by atoms with Gasteiger partial charge in [-0.05, 0) is 30.7 Å². The molecule has 0 bridgehead atoms. The van der Waals surface area contributed by atoms with Gasteiger partial charge in [-0.25, -0.2) is 0 Å². The smallest absolute Gasteiger partial charge is 0.222 e. The van der Waals surface area contributed by atoms with Gasteiger partial charge >= 0.3 is 0 Å². The molecule has 3 rings (SSSR count). The molecule has 1 fully saturated rings. The largest absolute Gasteiger partial charge is 0.493 e. The molecule has 1 aromatic heterocycles. The molecule has 1 saturated heterocycles. The SMILES string of the molecule is CCCCC(=O)N1CCN(c2ccc(-c3cc(OC)c(OC)c(OC)c3)nn2)CC1. The van der Waals surface area contributed by atoms with Crippen molar-refractivity contribution >= 4 is 11.7 Å². The molecule has 0 atom stereocenters. The molecule has 8 nitrogen and oxygen atoms in total. The Morgan fingerprint density at radius 2 is 1.63 bits per heavy atom. The normalized spacial score (nSPS) is 13.9. The van der Waals surface area contributed by atoms with Crippen molar-refractivity contribution in [3.8, 4) is 28.5 Å². The molecule has 0 saturated carbocycles. The van der Waals surface area contributed by atoms with Crippen LogP contribution in [0.2, 0.25) is 0 Å². The predicted molar refractivity (Wildman–Crippen MR) is 115 cm³/mol. The van der Waals surface area contributed by atoms with E-state index in [1.807, 2.05) is 29.2 Å². The van der Waals surface area contributed by atoms with Crippen molar-refractivity contribution in [1.82, 2.24) is 15.1 Å². The van der Waals surface area contributed by atoms with Crippen molar-refractivity contribution in [1.29, 1.82) is 0 Å². The summed E-state index contributed by atoms with van der Waals surface area (Å²) in [6, 6.07) is 7.60. The quantitative estimate of drug-likeness (QED) is 0.657. The summed E-state index contributed by atoms with van der Waals surface area (Å²) in [6.07, 6.45) is 2.63. The number of hydrogen-bond acceptors (Lipinski definition) is 7. The van der Waals surface area contributed by atoms with Crippen LogP contribution in [0.5, 0.6) is 17.2 Å². The van der Waals surface area contributed by atoms with E-state index in [9.17, 15) is 4.79 Å². The number of rotatable bonds is 8. The topological polar surface area (TPSA) is 77.0 Å². The molecule has 0 unspecified atom stereocenters. The second kappa shape index (κ2) is 10.1. The van der Waals surface area contributed by atoms with Gasteiger partial charge in [0.15, 0.2) is 17.3 Å². The van der Waals surface area contributed by atoms with Crippen LogP contribution in [0.1, 0.15) is 26.2 Å². The highest BCUT2D eigenvalue weighted by molar-refractivity contribution is 5.76. The van der Waals surface area contributed by atoms with Gasteiger partial charge < -0.3 is 24.0 Å². The zero-order chi connectivity index (χ0) is 21.5. The van der Waals surface area contributed by atoms with Crippen molar-refractivity contribution < 1.29 is 19.0 Å². The summed E-state index contributed by atoms with van der Waals surface area (Å²) in [5.41, 5.74) is 1.54. The summed E-state index contributed by atoms with van der Waals surface area (Å²) in [7, 11) is 4.75. The molecule has 30 heavy (non-hydrogen) atoms. The average molecular weight is 415 g/mol. The summed E-state index contributed by atoms with van der Waals surface area (Å²) in [6.45, 7) is 5.06. The zero-order valence-electron chi connectivity index (χ0n) is 18.2. The molecule has 0 N–H and O–H groups in total. The van der Waals surface area contributed by atoms with Crippen molar-refractivity contribution in [3.05, 3.63) is 24.3 Å². The molecule has 1 aromatic carbocycles. The van der Waals surface area contributed by atoms with Crippen molar-refractivity contribution in [3.63, 3.8) is 0 Å². The number of methoxy groups -OCH3 is 3. The van der Waals surface area contributed by atoms with Crippen molar-refractivity contribution in [2.45, 2.75) is 26.2 Å². The van der Waals surface area contributed by atoms with Crippen LogP contribution in [-0.2, 0) is 4.79 Å². The fraction of sp³-hybridized carbons (Fsp3) is 0.500. The highest BCUT2D eigenvalue weighted by atomic mass is 16.5. The lowest BCUT2D eigenvalue weighted by Crippen LogP contribution is -2.49. The van der Waals surface area contributed by atoms with Crippen LogP contribution in [0.15, 0.2) is 24.3 Å². The Morgan fingerprint density at radius 3 is 2.13 bits per heavy atom. The van der Waals surface area contributed by atoms with E-state index in [0.29, 0.717) is 29.4 Å². The number of unbranched alkanes of at least 4 members (excludes halogenated alkanes) is 1. The maximum atomic E-state index is 12.2. The Hall–Kier alpha value is -3.03. The second-order valence-electron chi connectivity index (χ2n) is 7.16. The average Bonchev–Trinajstić information content (AvgIpc) is 2.81. The molecular weight excluding hydrogens is 384 g/mol. The summed E-state index contributed by atoms with van der Waals surface area (Å²) in [5.74, 6) is 2.75. The second-order valence-corrected chi connectivity index (χ2v) is 7.16. The van der Waals surface area contributed by atoms with E-state index in [0.717, 1.165) is 50.4 Å². The highest BCUT2D eigenvalue weighted by Gasteiger charge is 2.22. The van der Waals surface area contributed by atoms with Gasteiger partial charge in [-0.3, -0.25) is 4.79 Å². The first-order valence-corrected chi connectivity index (χ1v) is 10.3. The minimum absolute atomic E-state index is 0.250. The standard InChI is InChI=1S/C22H30N4O4/c1-5-6-7-21(27)26-12-10-25(11-13-26)20-9-8-17(23-24-20)16-14-18(28-2)22(30-4)19(15-16)29-3/h8-9,14-15H,5-7,10-13H2,1-4H3. The molecule has 0 aliphatic carbocycles. The van der Waals surface area contributed by atoms with Crippen LogP contribution in [0, 0.1) is 0 Å². The predicted octanol–water partition coefficient (Wildman–Crippen LogP) is 3.01. The van der Waals surface area contributed by atoms with Gasteiger partial charge in [-0.1, -0.05) is 13.3 Å². The van der Waals surface area contributed by atoms with E-state index < -0.39 is 0 Å². The number of ether oxygens (including phenoxy) is 3. The first-order valence-electron chi connectivity index (χ1n) is 10.3. The Kier molecular flexibility index (Phi) is 7.32. The number of carbonyl (C=O) groups excluding carboxylic acids is 1. The summed E-state index contributed by atoms with van der Waals surface area (Å²) in [4.78, 5) is 16.3. The molecule has 1 amide bonds. The van der Waals surface area contributed by atoms with E-state index >= 15 is 0 Å². The lowest BCUT2D eigenvalue weighted by molar-refractivity contribution is -0.131. The third-order valence-corrected chi connectivity index (χ3v) is 5.31. The molecule has 162 valence electrons. The van der Waals surface area contributed by atoms with Crippen LogP contribution in [-0.4, -0.2) is 68.5 Å². The molecule has 2 aromatic rings. The lowest BCUT2D eigenvalue weighted by atomic mass is 10.1. The number of anilines is 1. The number of hydrogen-bond donors (Lipinski definition) is 0. The van der Waals surface area contributed by atoms with E-state index in [1.165, 1.54) is 0 Å². The number of piperazine rings is 1. The van der Waals surface area contributed by atoms with Gasteiger partial charge in [0.1, 0.15) is 0 Å². The van der Waals surface area contributed by atoms with Crippen LogP contribution in [0.25, 0.3) is 11.3 Å². The van der Waals surface area contributed by atoms with Gasteiger partial charge in [0, 0.05) is 38.2 Å². The summed E-state index contributed by atoms with van der Waals surface area (Å²) >= 11 is 0. The third kappa shape index (κ3) is 4.75. The Morgan fingerprint density at radius 1 is 0.967 bits per heavy atom. The fourth-order valence-electron chi connectivity index (χ4n) is 3.55. The minimum atomic E-state index is 0.250. The van der Waals surface area contributed by atoms with Gasteiger partial charge in [-0.2, -0.15) is 0 Å². The maximum Gasteiger partial charge on any atom is 0.222 e. The number of aromatic nitrogens is 2. The van der Waals surface area contributed by atoms with Crippen LogP contribution >= 0.6 is 0 Å². The minimum Gasteiger partial charge on any atom is -0.493 e. The number of nitrogens with zero attached hydrogens (tertiary/aromatic N) is 4. The van der Waals surface area contributed by atoms with Gasteiger partial charge in [0.25, 0.3) is 0 Å². The molecular formula is C22H30N4O4. The molecule has 2 heterocycles. The van der Waals surface area contributed by atoms with Gasteiger partial charge in [0.05, 0.1) is 27.0 Å². The van der Waals surface area contributed by atoms with Crippen molar-refractivity contribution in [2.24, 2.45) is 0 Å².